The maximum Gasteiger partial charge on any atom is 0.0482 e. The van der Waals surface area contributed by atoms with E-state index in [9.17, 15) is 0 Å². The van der Waals surface area contributed by atoms with Gasteiger partial charge in [0.1, 0.15) is 0 Å². The van der Waals surface area contributed by atoms with Crippen molar-refractivity contribution in [3.8, 4) is 0 Å². The predicted molar refractivity (Wildman–Crippen MR) is 264 cm³/mol. The summed E-state index contributed by atoms with van der Waals surface area (Å²) in [5.74, 6) is 0. The molecule has 9 rings (SSSR count). The Bertz CT molecular complexity index is 2640. The van der Waals surface area contributed by atoms with E-state index in [1.54, 1.807) is 0 Å². The molecule has 302 valence electrons. The first-order chi connectivity index (χ1) is 30.4. The normalized spacial score (nSPS) is 10.9. The monoisotopic (exact) mass is 802 g/mol. The SMILES string of the molecule is Cc1ccc(N(c2ccccc2)c2ccc(N(c3ccc(C)cc3)c3cccc(N(c4ccc(C)cc4)c4ccc(N(c5ccccc5)c5ccc(C)cc5)cc4)c3)cc2)cc1. The maximum absolute atomic E-state index is 2.35. The lowest BCUT2D eigenvalue weighted by Crippen LogP contribution is -2.14. The van der Waals surface area contributed by atoms with E-state index < -0.39 is 0 Å². The number of benzene rings is 9. The van der Waals surface area contributed by atoms with Gasteiger partial charge in [0.2, 0.25) is 0 Å². The molecular formula is C58H50N4. The Morgan fingerprint density at radius 1 is 0.177 bits per heavy atom. The Labute approximate surface area is 366 Å². The Morgan fingerprint density at radius 2 is 0.355 bits per heavy atom. The number of nitrogens with zero attached hydrogens (tertiary/aromatic N) is 4. The van der Waals surface area contributed by atoms with Gasteiger partial charge >= 0.3 is 0 Å². The molecular weight excluding hydrogens is 753 g/mol. The van der Waals surface area contributed by atoms with Gasteiger partial charge < -0.3 is 19.6 Å². The number of para-hydroxylation sites is 2. The predicted octanol–water partition coefficient (Wildman–Crippen LogP) is 16.8. The summed E-state index contributed by atoms with van der Waals surface area (Å²) in [7, 11) is 0. The van der Waals surface area contributed by atoms with Gasteiger partial charge in [0.05, 0.1) is 0 Å². The standard InChI is InChI=1S/C58H50N4/c1-43-18-26-49(27-19-43)59(47-12-7-5-8-13-47)53-34-38-55(39-35-53)61(51-30-22-45(3)23-31-51)57-16-11-17-58(42-57)62(52-32-24-46(4)25-33-52)56-40-36-54(37-41-56)60(48-14-9-6-10-15-48)50-28-20-44(2)21-29-50/h5-42H,1-4H3. The Hall–Kier alpha value is -7.82. The quantitative estimate of drug-likeness (QED) is 0.122. The molecule has 0 aliphatic heterocycles. The first-order valence-electron chi connectivity index (χ1n) is 21.3. The Kier molecular flexibility index (Phi) is 11.4. The number of aryl methyl sites for hydroxylation is 4. The third kappa shape index (κ3) is 8.58. The molecule has 0 spiro atoms. The zero-order valence-electron chi connectivity index (χ0n) is 35.7. The highest BCUT2D eigenvalue weighted by Gasteiger charge is 2.20. The number of hydrogen-bond acceptors (Lipinski definition) is 4. The van der Waals surface area contributed by atoms with Crippen molar-refractivity contribution < 1.29 is 0 Å². The van der Waals surface area contributed by atoms with Crippen LogP contribution in [0.1, 0.15) is 22.3 Å². The molecule has 0 saturated heterocycles. The van der Waals surface area contributed by atoms with Crippen LogP contribution in [0.25, 0.3) is 0 Å². The van der Waals surface area contributed by atoms with E-state index in [0.717, 1.165) is 68.2 Å². The minimum Gasteiger partial charge on any atom is -0.311 e. The molecule has 0 saturated carbocycles. The van der Waals surface area contributed by atoms with Gasteiger partial charge in [0.25, 0.3) is 0 Å². The summed E-state index contributed by atoms with van der Waals surface area (Å²) >= 11 is 0. The van der Waals surface area contributed by atoms with Crippen LogP contribution in [-0.2, 0) is 0 Å². The molecule has 0 atom stereocenters. The average molecular weight is 803 g/mol. The lowest BCUT2D eigenvalue weighted by atomic mass is 10.1. The molecule has 0 amide bonds. The molecule has 0 N–H and O–H groups in total. The fourth-order valence-electron chi connectivity index (χ4n) is 7.99. The number of anilines is 12. The number of rotatable bonds is 12. The van der Waals surface area contributed by atoms with E-state index in [2.05, 4.69) is 278 Å². The van der Waals surface area contributed by atoms with Crippen LogP contribution >= 0.6 is 0 Å². The topological polar surface area (TPSA) is 13.0 Å². The Morgan fingerprint density at radius 3 is 0.597 bits per heavy atom. The lowest BCUT2D eigenvalue weighted by Gasteiger charge is -2.31. The van der Waals surface area contributed by atoms with Crippen molar-refractivity contribution in [3.05, 3.63) is 253 Å². The lowest BCUT2D eigenvalue weighted by molar-refractivity contribution is 1.23. The van der Waals surface area contributed by atoms with Gasteiger partial charge in [-0.15, -0.1) is 0 Å². The van der Waals surface area contributed by atoms with Crippen molar-refractivity contribution in [1.29, 1.82) is 0 Å². The molecule has 0 aliphatic carbocycles. The van der Waals surface area contributed by atoms with E-state index in [1.807, 2.05) is 0 Å². The van der Waals surface area contributed by atoms with Gasteiger partial charge in [-0.3, -0.25) is 0 Å². The zero-order chi connectivity index (χ0) is 42.4. The van der Waals surface area contributed by atoms with E-state index in [4.69, 9.17) is 0 Å². The Balaban J connectivity index is 1.12. The van der Waals surface area contributed by atoms with E-state index in [-0.39, 0.29) is 0 Å². The van der Waals surface area contributed by atoms with Crippen LogP contribution in [0.5, 0.6) is 0 Å². The second-order valence-corrected chi connectivity index (χ2v) is 15.9. The summed E-state index contributed by atoms with van der Waals surface area (Å²) in [5, 5.41) is 0. The van der Waals surface area contributed by atoms with Crippen molar-refractivity contribution in [2.45, 2.75) is 27.7 Å². The van der Waals surface area contributed by atoms with Crippen LogP contribution < -0.4 is 19.6 Å². The van der Waals surface area contributed by atoms with E-state index in [1.165, 1.54) is 22.3 Å². The maximum atomic E-state index is 2.35. The van der Waals surface area contributed by atoms with Crippen molar-refractivity contribution in [2.75, 3.05) is 19.6 Å². The van der Waals surface area contributed by atoms with Gasteiger partial charge in [0, 0.05) is 68.2 Å². The second-order valence-electron chi connectivity index (χ2n) is 15.9. The summed E-state index contributed by atoms with van der Waals surface area (Å²) in [6.45, 7) is 8.53. The largest absolute Gasteiger partial charge is 0.311 e. The molecule has 0 fully saturated rings. The molecule has 0 bridgehead atoms. The number of hydrogen-bond donors (Lipinski definition) is 0. The van der Waals surface area contributed by atoms with Crippen molar-refractivity contribution in [2.24, 2.45) is 0 Å². The molecule has 0 radical (unpaired) electrons. The summed E-state index contributed by atoms with van der Waals surface area (Å²) in [5.41, 5.74) is 17.9. The zero-order valence-corrected chi connectivity index (χ0v) is 35.7. The fourth-order valence-corrected chi connectivity index (χ4v) is 7.99. The molecule has 62 heavy (non-hydrogen) atoms. The van der Waals surface area contributed by atoms with Crippen LogP contribution in [0.3, 0.4) is 0 Å². The van der Waals surface area contributed by atoms with Gasteiger partial charge in [-0.1, -0.05) is 113 Å². The summed E-state index contributed by atoms with van der Waals surface area (Å²) in [6, 6.07) is 82.9. The molecule has 4 nitrogen and oxygen atoms in total. The molecule has 0 aliphatic rings. The van der Waals surface area contributed by atoms with Gasteiger partial charge in [-0.2, -0.15) is 0 Å². The minimum absolute atomic E-state index is 1.06. The molecule has 9 aromatic rings. The summed E-state index contributed by atoms with van der Waals surface area (Å²) in [4.78, 5) is 9.32. The average Bonchev–Trinajstić information content (AvgIpc) is 3.31. The third-order valence-corrected chi connectivity index (χ3v) is 11.3. The first kappa shape index (κ1) is 39.6. The van der Waals surface area contributed by atoms with Crippen molar-refractivity contribution in [3.63, 3.8) is 0 Å². The van der Waals surface area contributed by atoms with E-state index in [0.29, 0.717) is 0 Å². The smallest absolute Gasteiger partial charge is 0.0482 e. The van der Waals surface area contributed by atoms with Crippen LogP contribution in [-0.4, -0.2) is 0 Å². The van der Waals surface area contributed by atoms with Gasteiger partial charge in [-0.25, -0.2) is 0 Å². The molecule has 0 unspecified atom stereocenters. The molecule has 4 heteroatoms. The highest BCUT2D eigenvalue weighted by molar-refractivity contribution is 5.86. The fraction of sp³-hybridized carbons (Fsp3) is 0.0690. The highest BCUT2D eigenvalue weighted by atomic mass is 15.2. The minimum atomic E-state index is 1.06. The van der Waals surface area contributed by atoms with Crippen molar-refractivity contribution >= 4 is 68.2 Å². The van der Waals surface area contributed by atoms with Gasteiger partial charge in [0.15, 0.2) is 0 Å². The van der Waals surface area contributed by atoms with Crippen LogP contribution in [0.4, 0.5) is 68.2 Å². The van der Waals surface area contributed by atoms with Crippen LogP contribution in [0.15, 0.2) is 231 Å². The molecule has 0 heterocycles. The molecule has 0 aromatic heterocycles. The molecule has 9 aromatic carbocycles. The summed E-state index contributed by atoms with van der Waals surface area (Å²) < 4.78 is 0. The summed E-state index contributed by atoms with van der Waals surface area (Å²) in [6.07, 6.45) is 0. The second kappa shape index (κ2) is 17.8. The van der Waals surface area contributed by atoms with Crippen LogP contribution in [0, 0.1) is 27.7 Å². The third-order valence-electron chi connectivity index (χ3n) is 11.3. The van der Waals surface area contributed by atoms with Crippen molar-refractivity contribution in [1.82, 2.24) is 0 Å². The van der Waals surface area contributed by atoms with E-state index >= 15 is 0 Å². The first-order valence-corrected chi connectivity index (χ1v) is 21.3. The van der Waals surface area contributed by atoms with Crippen LogP contribution in [0.2, 0.25) is 0 Å². The highest BCUT2D eigenvalue weighted by Crippen LogP contribution is 2.43. The van der Waals surface area contributed by atoms with Gasteiger partial charge in [-0.05, 0) is 167 Å².